The van der Waals surface area contributed by atoms with Crippen LogP contribution in [0.5, 0.6) is 17.2 Å². The van der Waals surface area contributed by atoms with Gasteiger partial charge in [-0.2, -0.15) is 0 Å². The summed E-state index contributed by atoms with van der Waals surface area (Å²) in [7, 11) is 2.23. The first kappa shape index (κ1) is 32.3. The summed E-state index contributed by atoms with van der Waals surface area (Å²) in [5, 5.41) is 0. The van der Waals surface area contributed by atoms with Gasteiger partial charge >= 0.3 is 0 Å². The Bertz CT molecular complexity index is 1020. The molecule has 2 aliphatic heterocycles. The highest BCUT2D eigenvalue weighted by molar-refractivity contribution is 7.99. The highest BCUT2D eigenvalue weighted by atomic mass is 32.2. The van der Waals surface area contributed by atoms with Crippen LogP contribution in [0.4, 0.5) is 4.39 Å². The third-order valence-electron chi connectivity index (χ3n) is 5.88. The standard InChI is InChI=1S/C26H29NO3S.2C2H6.CH3F/c1-5-8-22(6-2)31-30-26-15-19-14-24-23-10-9-21(28-4)13-18(23)11-12-27(24)17-20(19)16-25(26)29-7-3;3*1-2/h5-6,8-10,13,15-16,24H,1-2,7,11-12,14,17H2,3-4H3;2*1-2H3;1H3/b22-8+;;;. The van der Waals surface area contributed by atoms with Crippen molar-refractivity contribution in [1.82, 2.24) is 4.90 Å². The van der Waals surface area contributed by atoms with E-state index in [1.807, 2.05) is 40.7 Å². The van der Waals surface area contributed by atoms with Crippen LogP contribution in [0.2, 0.25) is 0 Å². The molecular formula is C31H44FNO3S. The lowest BCUT2D eigenvalue weighted by molar-refractivity contribution is 0.160. The molecule has 2 aliphatic rings. The topological polar surface area (TPSA) is 30.9 Å². The maximum absolute atomic E-state index is 9.50. The quantitative estimate of drug-likeness (QED) is 0.252. The predicted molar refractivity (Wildman–Crippen MR) is 158 cm³/mol. The summed E-state index contributed by atoms with van der Waals surface area (Å²) in [6, 6.07) is 11.2. The third kappa shape index (κ3) is 8.41. The number of methoxy groups -OCH3 is 1. The number of hydrogen-bond acceptors (Lipinski definition) is 5. The zero-order valence-electron chi connectivity index (χ0n) is 23.6. The van der Waals surface area contributed by atoms with E-state index in [0.717, 1.165) is 48.1 Å². The molecule has 0 radical (unpaired) electrons. The maximum atomic E-state index is 9.50. The highest BCUT2D eigenvalue weighted by Crippen LogP contribution is 2.43. The van der Waals surface area contributed by atoms with Gasteiger partial charge in [-0.3, -0.25) is 9.29 Å². The van der Waals surface area contributed by atoms with Gasteiger partial charge in [0.15, 0.2) is 11.5 Å². The first-order valence-electron chi connectivity index (χ1n) is 13.0. The van der Waals surface area contributed by atoms with Gasteiger partial charge in [-0.05, 0) is 72.4 Å². The van der Waals surface area contributed by atoms with Crippen molar-refractivity contribution in [2.24, 2.45) is 0 Å². The van der Waals surface area contributed by atoms with Crippen LogP contribution in [-0.2, 0) is 19.4 Å². The summed E-state index contributed by atoms with van der Waals surface area (Å²) < 4.78 is 26.9. The lowest BCUT2D eigenvalue weighted by atomic mass is 9.84. The van der Waals surface area contributed by atoms with Gasteiger partial charge in [0, 0.05) is 24.0 Å². The molecule has 0 saturated heterocycles. The van der Waals surface area contributed by atoms with Gasteiger partial charge < -0.3 is 13.7 Å². The molecule has 0 aliphatic carbocycles. The summed E-state index contributed by atoms with van der Waals surface area (Å²) in [5.41, 5.74) is 5.44. The van der Waals surface area contributed by atoms with E-state index in [1.54, 1.807) is 19.3 Å². The zero-order chi connectivity index (χ0) is 27.8. The minimum atomic E-state index is 0.380. The number of allylic oxidation sites excluding steroid dienone is 3. The Morgan fingerprint density at radius 3 is 2.38 bits per heavy atom. The predicted octanol–water partition coefficient (Wildman–Crippen LogP) is 8.67. The van der Waals surface area contributed by atoms with Crippen LogP contribution in [0.1, 0.15) is 62.9 Å². The van der Waals surface area contributed by atoms with Crippen LogP contribution in [0.15, 0.2) is 66.6 Å². The number of fused-ring (bicyclic) bond motifs is 4. The SMILES string of the molecule is C=C/C=C(\C=C)SOc1cc2c(cc1OCC)CN1CCc3cc(OC)ccc3C1C2.CC.CC.CF. The maximum Gasteiger partial charge on any atom is 0.180 e. The number of benzene rings is 2. The number of alkyl halides is 1. The largest absolute Gasteiger partial charge is 0.497 e. The molecule has 0 amide bonds. The Morgan fingerprint density at radius 2 is 1.76 bits per heavy atom. The number of ether oxygens (including phenoxy) is 2. The fourth-order valence-electron chi connectivity index (χ4n) is 4.38. The molecule has 0 saturated carbocycles. The third-order valence-corrected chi connectivity index (χ3v) is 6.64. The molecule has 2 aromatic carbocycles. The van der Waals surface area contributed by atoms with Gasteiger partial charge in [-0.25, -0.2) is 0 Å². The molecule has 6 heteroatoms. The first-order chi connectivity index (χ1) is 18.2. The average Bonchev–Trinajstić information content (AvgIpc) is 2.97. The molecule has 1 unspecified atom stereocenters. The van der Waals surface area contributed by atoms with Crippen molar-refractivity contribution >= 4 is 12.0 Å². The molecule has 204 valence electrons. The molecule has 2 aromatic rings. The minimum Gasteiger partial charge on any atom is -0.497 e. The van der Waals surface area contributed by atoms with Crippen LogP contribution in [0.3, 0.4) is 0 Å². The van der Waals surface area contributed by atoms with E-state index in [9.17, 15) is 4.39 Å². The van der Waals surface area contributed by atoms with Crippen LogP contribution in [0, 0.1) is 0 Å². The van der Waals surface area contributed by atoms with Crippen molar-refractivity contribution < 1.29 is 18.0 Å². The molecule has 0 fully saturated rings. The van der Waals surface area contributed by atoms with Gasteiger partial charge in [0.2, 0.25) is 0 Å². The number of nitrogens with zero attached hydrogens (tertiary/aromatic N) is 1. The number of hydrogen-bond donors (Lipinski definition) is 0. The average molecular weight is 530 g/mol. The van der Waals surface area contributed by atoms with E-state index in [-0.39, 0.29) is 0 Å². The summed E-state index contributed by atoms with van der Waals surface area (Å²) in [6.45, 7) is 20.1. The van der Waals surface area contributed by atoms with Crippen molar-refractivity contribution in [3.05, 3.63) is 88.9 Å². The van der Waals surface area contributed by atoms with Gasteiger partial charge in [-0.1, -0.05) is 59.1 Å². The number of rotatable bonds is 8. The second-order valence-electron chi connectivity index (χ2n) is 7.68. The molecule has 1 atom stereocenters. The Balaban J connectivity index is 0.00000106. The van der Waals surface area contributed by atoms with Gasteiger partial charge in [-0.15, -0.1) is 0 Å². The van der Waals surface area contributed by atoms with Crippen molar-refractivity contribution in [2.75, 3.05) is 27.4 Å². The van der Waals surface area contributed by atoms with Crippen molar-refractivity contribution in [2.45, 2.75) is 60.0 Å². The van der Waals surface area contributed by atoms with E-state index >= 15 is 0 Å². The van der Waals surface area contributed by atoms with E-state index in [2.05, 4.69) is 48.4 Å². The molecule has 4 rings (SSSR count). The Kier molecular flexibility index (Phi) is 15.5. The van der Waals surface area contributed by atoms with Crippen LogP contribution >= 0.6 is 12.0 Å². The first-order valence-corrected chi connectivity index (χ1v) is 13.8. The summed E-state index contributed by atoms with van der Waals surface area (Å²) >= 11 is 1.27. The summed E-state index contributed by atoms with van der Waals surface area (Å²) in [4.78, 5) is 3.47. The van der Waals surface area contributed by atoms with E-state index in [4.69, 9.17) is 13.7 Å². The normalized spacial score (nSPS) is 15.4. The van der Waals surface area contributed by atoms with Gasteiger partial charge in [0.1, 0.15) is 5.75 Å². The molecule has 0 bridgehead atoms. The summed E-state index contributed by atoms with van der Waals surface area (Å²) in [5.74, 6) is 2.47. The zero-order valence-corrected chi connectivity index (χ0v) is 24.4. The highest BCUT2D eigenvalue weighted by Gasteiger charge is 2.33. The Labute approximate surface area is 228 Å². The number of halogens is 1. The van der Waals surface area contributed by atoms with Crippen LogP contribution < -0.4 is 13.7 Å². The van der Waals surface area contributed by atoms with Crippen molar-refractivity contribution in [1.29, 1.82) is 0 Å². The van der Waals surface area contributed by atoms with Crippen LogP contribution in [-0.4, -0.2) is 32.3 Å². The molecule has 37 heavy (non-hydrogen) atoms. The lowest BCUT2D eigenvalue weighted by Gasteiger charge is -2.41. The fourth-order valence-corrected chi connectivity index (χ4v) is 4.91. The van der Waals surface area contributed by atoms with Gasteiger partial charge in [0.05, 0.1) is 32.9 Å². The van der Waals surface area contributed by atoms with E-state index in [1.165, 1.54) is 34.3 Å². The molecular weight excluding hydrogens is 485 g/mol. The monoisotopic (exact) mass is 529 g/mol. The second kappa shape index (κ2) is 17.7. The van der Waals surface area contributed by atoms with Gasteiger partial charge in [0.25, 0.3) is 0 Å². The lowest BCUT2D eigenvalue weighted by Crippen LogP contribution is -2.39. The molecule has 0 aromatic heterocycles. The van der Waals surface area contributed by atoms with E-state index < -0.39 is 0 Å². The summed E-state index contributed by atoms with van der Waals surface area (Å²) in [6.07, 6.45) is 7.37. The smallest absolute Gasteiger partial charge is 0.180 e. The van der Waals surface area contributed by atoms with E-state index in [0.29, 0.717) is 19.8 Å². The fraction of sp³-hybridized carbons (Fsp3) is 0.419. The Morgan fingerprint density at radius 1 is 1.05 bits per heavy atom. The minimum absolute atomic E-state index is 0.380. The van der Waals surface area contributed by atoms with Crippen LogP contribution in [0.25, 0.3) is 0 Å². The van der Waals surface area contributed by atoms with Crippen molar-refractivity contribution in [3.8, 4) is 17.2 Å². The Hall–Kier alpha value is -2.70. The second-order valence-corrected chi connectivity index (χ2v) is 8.49. The van der Waals surface area contributed by atoms with Crippen molar-refractivity contribution in [3.63, 3.8) is 0 Å². The molecule has 2 heterocycles. The molecule has 0 spiro atoms. The molecule has 4 nitrogen and oxygen atoms in total. The molecule has 0 N–H and O–H groups in total.